The highest BCUT2D eigenvalue weighted by Crippen LogP contribution is 2.23. The molecule has 6 heteroatoms. The first-order chi connectivity index (χ1) is 9.47. The molecule has 0 aromatic heterocycles. The van der Waals surface area contributed by atoms with Gasteiger partial charge in [0.15, 0.2) is 0 Å². The summed E-state index contributed by atoms with van der Waals surface area (Å²) in [4.78, 5) is 22.7. The van der Waals surface area contributed by atoms with Crippen LogP contribution in [0.25, 0.3) is 0 Å². The maximum Gasteiger partial charge on any atom is 0.335 e. The zero-order valence-electron chi connectivity index (χ0n) is 10.1. The highest BCUT2D eigenvalue weighted by Gasteiger charge is 2.09. The zero-order chi connectivity index (χ0) is 14.7. The minimum Gasteiger partial charge on any atom is -0.478 e. The van der Waals surface area contributed by atoms with Crippen LogP contribution < -0.4 is 5.32 Å². The number of hydrogen-bond acceptors (Lipinski definition) is 2. The summed E-state index contributed by atoms with van der Waals surface area (Å²) in [5, 5.41) is 12.0. The Morgan fingerprint density at radius 1 is 1.05 bits per heavy atom. The van der Waals surface area contributed by atoms with Gasteiger partial charge in [0.2, 0.25) is 0 Å². The zero-order valence-corrected chi connectivity index (χ0v) is 12.4. The van der Waals surface area contributed by atoms with Gasteiger partial charge in [-0.15, -0.1) is 0 Å². The number of carbonyl (C=O) groups excluding carboxylic acids is 1. The average Bonchev–Trinajstić information content (AvgIpc) is 2.42. The molecule has 20 heavy (non-hydrogen) atoms. The van der Waals surface area contributed by atoms with Gasteiger partial charge in [0.25, 0.3) is 5.91 Å². The number of hydrogen-bond donors (Lipinski definition) is 2. The Morgan fingerprint density at radius 3 is 2.20 bits per heavy atom. The Balaban J connectivity index is 2.14. The summed E-state index contributed by atoms with van der Waals surface area (Å²) < 4.78 is 0.632. The number of halogens is 2. The molecule has 2 rings (SSSR count). The molecule has 0 aliphatic heterocycles. The van der Waals surface area contributed by atoms with Crippen molar-refractivity contribution in [3.63, 3.8) is 0 Å². The molecule has 4 nitrogen and oxygen atoms in total. The lowest BCUT2D eigenvalue weighted by molar-refractivity contribution is 0.0696. The number of carboxylic acid groups (broad SMARTS) is 1. The van der Waals surface area contributed by atoms with Gasteiger partial charge in [0, 0.05) is 15.7 Å². The van der Waals surface area contributed by atoms with Crippen molar-refractivity contribution in [2.75, 3.05) is 5.32 Å². The first-order valence-electron chi connectivity index (χ1n) is 5.57. The van der Waals surface area contributed by atoms with Gasteiger partial charge in [-0.3, -0.25) is 4.79 Å². The van der Waals surface area contributed by atoms with Crippen LogP contribution in [0.5, 0.6) is 0 Å². The van der Waals surface area contributed by atoms with Crippen LogP contribution in [0.1, 0.15) is 20.7 Å². The quantitative estimate of drug-likeness (QED) is 0.874. The average molecular weight is 355 g/mol. The first kappa shape index (κ1) is 14.6. The second kappa shape index (κ2) is 6.07. The number of rotatable bonds is 3. The number of nitrogens with one attached hydrogen (secondary N) is 1. The standard InChI is InChI=1S/C14H9BrClNO3/c15-11-7-9(3-6-12(11)16)13(18)17-10-4-1-8(2-5-10)14(19)20/h1-7H,(H,17,18)(H,19,20). The number of amides is 1. The predicted octanol–water partition coefficient (Wildman–Crippen LogP) is 4.05. The van der Waals surface area contributed by atoms with E-state index in [4.69, 9.17) is 16.7 Å². The fourth-order valence-corrected chi connectivity index (χ4v) is 2.03. The molecule has 0 bridgehead atoms. The highest BCUT2D eigenvalue weighted by molar-refractivity contribution is 9.10. The minimum atomic E-state index is -1.01. The van der Waals surface area contributed by atoms with Crippen molar-refractivity contribution < 1.29 is 14.7 Å². The van der Waals surface area contributed by atoms with E-state index in [9.17, 15) is 9.59 Å². The van der Waals surface area contributed by atoms with E-state index in [1.54, 1.807) is 18.2 Å². The van der Waals surface area contributed by atoms with Gasteiger partial charge >= 0.3 is 5.97 Å². The van der Waals surface area contributed by atoms with Crippen LogP contribution in [0.3, 0.4) is 0 Å². The van der Waals surface area contributed by atoms with Gasteiger partial charge in [0.1, 0.15) is 0 Å². The number of anilines is 1. The van der Waals surface area contributed by atoms with E-state index in [-0.39, 0.29) is 11.5 Å². The lowest BCUT2D eigenvalue weighted by Crippen LogP contribution is -2.12. The van der Waals surface area contributed by atoms with E-state index in [0.29, 0.717) is 20.7 Å². The highest BCUT2D eigenvalue weighted by atomic mass is 79.9. The van der Waals surface area contributed by atoms with Crippen molar-refractivity contribution in [2.45, 2.75) is 0 Å². The molecule has 0 heterocycles. The van der Waals surface area contributed by atoms with Crippen molar-refractivity contribution in [3.05, 3.63) is 63.1 Å². The van der Waals surface area contributed by atoms with Crippen molar-refractivity contribution in [1.82, 2.24) is 0 Å². The van der Waals surface area contributed by atoms with Crippen LogP contribution in [0, 0.1) is 0 Å². The molecule has 2 N–H and O–H groups in total. The molecule has 2 aromatic rings. The summed E-state index contributed by atoms with van der Waals surface area (Å²) >= 11 is 9.11. The van der Waals surface area contributed by atoms with E-state index in [1.165, 1.54) is 24.3 Å². The van der Waals surface area contributed by atoms with Crippen LogP contribution >= 0.6 is 27.5 Å². The third kappa shape index (κ3) is 3.37. The minimum absolute atomic E-state index is 0.164. The van der Waals surface area contributed by atoms with Crippen LogP contribution in [0.4, 0.5) is 5.69 Å². The molecule has 0 fully saturated rings. The summed E-state index contributed by atoms with van der Waals surface area (Å²) in [5.74, 6) is -1.31. The number of benzene rings is 2. The number of aromatic carboxylic acids is 1. The molecular weight excluding hydrogens is 346 g/mol. The molecule has 0 aliphatic rings. The second-order valence-corrected chi connectivity index (χ2v) is 5.23. The lowest BCUT2D eigenvalue weighted by atomic mass is 10.2. The van der Waals surface area contributed by atoms with Crippen LogP contribution in [-0.2, 0) is 0 Å². The molecular formula is C14H9BrClNO3. The van der Waals surface area contributed by atoms with Crippen LogP contribution in [0.15, 0.2) is 46.9 Å². The van der Waals surface area contributed by atoms with Gasteiger partial charge in [-0.2, -0.15) is 0 Å². The summed E-state index contributed by atoms with van der Waals surface area (Å²) in [7, 11) is 0. The molecule has 0 radical (unpaired) electrons. The monoisotopic (exact) mass is 353 g/mol. The molecule has 0 saturated carbocycles. The van der Waals surface area contributed by atoms with E-state index in [2.05, 4.69) is 21.2 Å². The van der Waals surface area contributed by atoms with E-state index in [1.807, 2.05) is 0 Å². The van der Waals surface area contributed by atoms with Crippen molar-refractivity contribution in [3.8, 4) is 0 Å². The van der Waals surface area contributed by atoms with Crippen molar-refractivity contribution >= 4 is 45.1 Å². The number of carboxylic acids is 1. The largest absolute Gasteiger partial charge is 0.478 e. The Kier molecular flexibility index (Phi) is 4.42. The molecule has 0 aliphatic carbocycles. The van der Waals surface area contributed by atoms with Gasteiger partial charge in [-0.25, -0.2) is 4.79 Å². The Morgan fingerprint density at radius 2 is 1.65 bits per heavy atom. The molecule has 0 saturated heterocycles. The van der Waals surface area contributed by atoms with Gasteiger partial charge in [-0.1, -0.05) is 11.6 Å². The summed E-state index contributed by atoms with van der Waals surface area (Å²) in [6, 6.07) is 10.8. The fourth-order valence-electron chi connectivity index (χ4n) is 1.54. The van der Waals surface area contributed by atoms with Gasteiger partial charge in [0.05, 0.1) is 10.6 Å². The Hall–Kier alpha value is -1.85. The van der Waals surface area contributed by atoms with E-state index in [0.717, 1.165) is 0 Å². The molecule has 1 amide bonds. The predicted molar refractivity (Wildman–Crippen MR) is 80.5 cm³/mol. The van der Waals surface area contributed by atoms with E-state index < -0.39 is 5.97 Å². The fraction of sp³-hybridized carbons (Fsp3) is 0. The second-order valence-electron chi connectivity index (χ2n) is 3.97. The van der Waals surface area contributed by atoms with Crippen LogP contribution in [-0.4, -0.2) is 17.0 Å². The molecule has 0 atom stereocenters. The van der Waals surface area contributed by atoms with Crippen molar-refractivity contribution in [2.24, 2.45) is 0 Å². The molecule has 0 unspecified atom stereocenters. The Bertz CT molecular complexity index is 671. The molecule has 2 aromatic carbocycles. The summed E-state index contributed by atoms with van der Waals surface area (Å²) in [5.41, 5.74) is 1.13. The topological polar surface area (TPSA) is 66.4 Å². The van der Waals surface area contributed by atoms with Crippen molar-refractivity contribution in [1.29, 1.82) is 0 Å². The van der Waals surface area contributed by atoms with E-state index >= 15 is 0 Å². The maximum atomic E-state index is 12.0. The maximum absolute atomic E-state index is 12.0. The van der Waals surface area contributed by atoms with Gasteiger partial charge in [-0.05, 0) is 58.4 Å². The Labute approximate surface area is 128 Å². The summed E-state index contributed by atoms with van der Waals surface area (Å²) in [6.45, 7) is 0. The van der Waals surface area contributed by atoms with Gasteiger partial charge < -0.3 is 10.4 Å². The normalized spacial score (nSPS) is 10.1. The SMILES string of the molecule is O=C(O)c1ccc(NC(=O)c2ccc(Cl)c(Br)c2)cc1. The third-order valence-electron chi connectivity index (χ3n) is 2.57. The molecule has 0 spiro atoms. The smallest absolute Gasteiger partial charge is 0.335 e. The first-order valence-corrected chi connectivity index (χ1v) is 6.74. The summed E-state index contributed by atoms with van der Waals surface area (Å²) in [6.07, 6.45) is 0. The number of carbonyl (C=O) groups is 2. The lowest BCUT2D eigenvalue weighted by Gasteiger charge is -2.06. The van der Waals surface area contributed by atoms with Crippen LogP contribution in [0.2, 0.25) is 5.02 Å². The third-order valence-corrected chi connectivity index (χ3v) is 3.79. The molecule has 102 valence electrons.